The van der Waals surface area contributed by atoms with Gasteiger partial charge in [0.1, 0.15) is 17.5 Å². The van der Waals surface area contributed by atoms with Crippen LogP contribution < -0.4 is 14.8 Å². The van der Waals surface area contributed by atoms with E-state index in [-0.39, 0.29) is 25.0 Å². The monoisotopic (exact) mass is 538 g/mol. The van der Waals surface area contributed by atoms with E-state index in [9.17, 15) is 9.59 Å². The number of methoxy groups -OCH3 is 1. The number of nitrogens with one attached hydrogen (secondary N) is 1. The number of hydrogen-bond donors (Lipinski definition) is 1. The van der Waals surface area contributed by atoms with Gasteiger partial charge in [-0.25, -0.2) is 0 Å². The highest BCUT2D eigenvalue weighted by atomic mass is 79.9. The Hall–Kier alpha value is -3.32. The molecule has 35 heavy (non-hydrogen) atoms. The Morgan fingerprint density at radius 2 is 1.63 bits per heavy atom. The third-order valence-corrected chi connectivity index (χ3v) is 5.98. The highest BCUT2D eigenvalue weighted by Crippen LogP contribution is 2.20. The summed E-state index contributed by atoms with van der Waals surface area (Å²) < 4.78 is 11.9. The zero-order chi connectivity index (χ0) is 25.0. The Labute approximate surface area is 215 Å². The maximum absolute atomic E-state index is 13.5. The molecule has 0 bridgehead atoms. The van der Waals surface area contributed by atoms with Crippen LogP contribution in [-0.2, 0) is 22.6 Å². The van der Waals surface area contributed by atoms with Crippen LogP contribution in [0.3, 0.4) is 0 Å². The van der Waals surface area contributed by atoms with Crippen molar-refractivity contribution < 1.29 is 19.1 Å². The summed E-state index contributed by atoms with van der Waals surface area (Å²) in [5.74, 6) is 0.809. The molecule has 3 aromatic carbocycles. The van der Waals surface area contributed by atoms with Crippen LogP contribution in [0.4, 0.5) is 0 Å². The summed E-state index contributed by atoms with van der Waals surface area (Å²) in [7, 11) is 1.59. The van der Waals surface area contributed by atoms with Crippen molar-refractivity contribution in [2.45, 2.75) is 32.4 Å². The van der Waals surface area contributed by atoms with E-state index >= 15 is 0 Å². The molecule has 0 aliphatic carbocycles. The molecule has 1 unspecified atom stereocenters. The number of nitrogens with zero attached hydrogens (tertiary/aromatic N) is 1. The van der Waals surface area contributed by atoms with E-state index in [0.717, 1.165) is 22.0 Å². The lowest BCUT2D eigenvalue weighted by molar-refractivity contribution is -0.142. The van der Waals surface area contributed by atoms with Gasteiger partial charge in [0.25, 0.3) is 5.91 Å². The molecule has 0 saturated carbocycles. The van der Waals surface area contributed by atoms with Gasteiger partial charge in [-0.05, 0) is 53.9 Å². The number of carbonyl (C=O) groups excluding carboxylic acids is 2. The van der Waals surface area contributed by atoms with Crippen molar-refractivity contribution in [3.8, 4) is 11.5 Å². The molecule has 0 radical (unpaired) electrons. The van der Waals surface area contributed by atoms with E-state index in [0.29, 0.717) is 24.5 Å². The van der Waals surface area contributed by atoms with Crippen LogP contribution in [0.1, 0.15) is 24.5 Å². The molecule has 3 aromatic rings. The minimum Gasteiger partial charge on any atom is -0.497 e. The number of rotatable bonds is 12. The lowest BCUT2D eigenvalue weighted by Gasteiger charge is -2.31. The Morgan fingerprint density at radius 1 is 0.943 bits per heavy atom. The van der Waals surface area contributed by atoms with Crippen LogP contribution in [0, 0.1) is 0 Å². The number of carbonyl (C=O) groups is 2. The summed E-state index contributed by atoms with van der Waals surface area (Å²) in [5.41, 5.74) is 1.89. The SMILES string of the molecule is CCCNC(=O)C(Cc1ccccc1)N(Cc1cccc(Br)c1)C(=O)COc1ccc(OC)cc1. The third-order valence-electron chi connectivity index (χ3n) is 5.48. The Balaban J connectivity index is 1.87. The molecular formula is C28H31BrN2O4. The highest BCUT2D eigenvalue weighted by molar-refractivity contribution is 9.10. The van der Waals surface area contributed by atoms with Crippen molar-refractivity contribution in [1.29, 1.82) is 0 Å². The summed E-state index contributed by atoms with van der Waals surface area (Å²) in [5, 5.41) is 2.97. The fraction of sp³-hybridized carbons (Fsp3) is 0.286. The first-order valence-corrected chi connectivity index (χ1v) is 12.4. The van der Waals surface area contributed by atoms with Gasteiger partial charge >= 0.3 is 0 Å². The van der Waals surface area contributed by atoms with Gasteiger partial charge in [0.15, 0.2) is 6.61 Å². The lowest BCUT2D eigenvalue weighted by Crippen LogP contribution is -2.51. The molecule has 6 nitrogen and oxygen atoms in total. The van der Waals surface area contributed by atoms with Gasteiger partial charge in [0.05, 0.1) is 7.11 Å². The molecule has 0 saturated heterocycles. The Bertz CT molecular complexity index is 1090. The van der Waals surface area contributed by atoms with E-state index in [4.69, 9.17) is 9.47 Å². The van der Waals surface area contributed by atoms with Crippen LogP contribution in [-0.4, -0.2) is 43.0 Å². The molecule has 7 heteroatoms. The van der Waals surface area contributed by atoms with E-state index in [1.54, 1.807) is 36.3 Å². The van der Waals surface area contributed by atoms with Crippen molar-refractivity contribution in [2.24, 2.45) is 0 Å². The average Bonchev–Trinajstić information content (AvgIpc) is 2.88. The largest absolute Gasteiger partial charge is 0.497 e. The number of amides is 2. The van der Waals surface area contributed by atoms with Crippen LogP contribution in [0.2, 0.25) is 0 Å². The molecular weight excluding hydrogens is 508 g/mol. The summed E-state index contributed by atoms with van der Waals surface area (Å²) in [6.07, 6.45) is 1.21. The molecule has 0 fully saturated rings. The maximum Gasteiger partial charge on any atom is 0.261 e. The van der Waals surface area contributed by atoms with E-state index < -0.39 is 6.04 Å². The van der Waals surface area contributed by atoms with Crippen LogP contribution >= 0.6 is 15.9 Å². The summed E-state index contributed by atoms with van der Waals surface area (Å²) >= 11 is 3.50. The molecule has 0 spiro atoms. The normalized spacial score (nSPS) is 11.4. The second-order valence-electron chi connectivity index (χ2n) is 8.11. The van der Waals surface area contributed by atoms with Crippen LogP contribution in [0.25, 0.3) is 0 Å². The van der Waals surface area contributed by atoms with Gasteiger partial charge in [0.2, 0.25) is 5.91 Å². The minimum absolute atomic E-state index is 0.177. The van der Waals surface area contributed by atoms with E-state index in [2.05, 4.69) is 21.2 Å². The zero-order valence-electron chi connectivity index (χ0n) is 20.1. The van der Waals surface area contributed by atoms with Crippen molar-refractivity contribution in [3.63, 3.8) is 0 Å². The topological polar surface area (TPSA) is 67.9 Å². The highest BCUT2D eigenvalue weighted by Gasteiger charge is 2.30. The third kappa shape index (κ3) is 8.14. The fourth-order valence-electron chi connectivity index (χ4n) is 3.65. The van der Waals surface area contributed by atoms with Crippen molar-refractivity contribution in [3.05, 3.63) is 94.5 Å². The molecule has 0 aromatic heterocycles. The molecule has 0 heterocycles. The number of benzene rings is 3. The van der Waals surface area contributed by atoms with Crippen molar-refractivity contribution in [2.75, 3.05) is 20.3 Å². The van der Waals surface area contributed by atoms with E-state index in [1.165, 1.54) is 0 Å². The number of ether oxygens (including phenoxy) is 2. The zero-order valence-corrected chi connectivity index (χ0v) is 21.7. The first-order valence-electron chi connectivity index (χ1n) is 11.6. The summed E-state index contributed by atoms with van der Waals surface area (Å²) in [6.45, 7) is 2.64. The molecule has 1 atom stereocenters. The predicted molar refractivity (Wildman–Crippen MR) is 140 cm³/mol. The van der Waals surface area contributed by atoms with Crippen LogP contribution in [0.5, 0.6) is 11.5 Å². The minimum atomic E-state index is -0.685. The fourth-order valence-corrected chi connectivity index (χ4v) is 4.10. The van der Waals surface area contributed by atoms with Crippen molar-refractivity contribution in [1.82, 2.24) is 10.2 Å². The second kappa shape index (κ2) is 13.5. The molecule has 184 valence electrons. The van der Waals surface area contributed by atoms with Gasteiger partial charge in [0, 0.05) is 24.0 Å². The van der Waals surface area contributed by atoms with Gasteiger partial charge in [-0.1, -0.05) is 65.3 Å². The number of hydrogen-bond acceptors (Lipinski definition) is 4. The van der Waals surface area contributed by atoms with Gasteiger partial charge in [-0.15, -0.1) is 0 Å². The molecule has 0 aliphatic rings. The quantitative estimate of drug-likeness (QED) is 0.352. The van der Waals surface area contributed by atoms with Gasteiger partial charge < -0.3 is 19.7 Å². The second-order valence-corrected chi connectivity index (χ2v) is 9.03. The van der Waals surface area contributed by atoms with Gasteiger partial charge in [-0.3, -0.25) is 9.59 Å². The van der Waals surface area contributed by atoms with E-state index in [1.807, 2.05) is 61.5 Å². The summed E-state index contributed by atoms with van der Waals surface area (Å²) in [4.78, 5) is 28.4. The number of halogens is 1. The average molecular weight is 539 g/mol. The van der Waals surface area contributed by atoms with Gasteiger partial charge in [-0.2, -0.15) is 0 Å². The Kier molecular flexibility index (Phi) is 10.2. The lowest BCUT2D eigenvalue weighted by atomic mass is 10.0. The molecule has 1 N–H and O–H groups in total. The molecule has 3 rings (SSSR count). The maximum atomic E-state index is 13.5. The summed E-state index contributed by atoms with van der Waals surface area (Å²) in [6, 6.07) is 23.8. The molecule has 0 aliphatic heterocycles. The standard InChI is InChI=1S/C28H31BrN2O4/c1-3-16-30-28(33)26(18-21-8-5-4-6-9-21)31(19-22-10-7-11-23(29)17-22)27(32)20-35-25-14-12-24(34-2)13-15-25/h4-15,17,26H,3,16,18-20H2,1-2H3,(H,30,33). The van der Waals surface area contributed by atoms with Crippen LogP contribution in [0.15, 0.2) is 83.3 Å². The first kappa shape index (κ1) is 26.3. The van der Waals surface area contributed by atoms with Crippen molar-refractivity contribution >= 4 is 27.7 Å². The predicted octanol–water partition coefficient (Wildman–Crippen LogP) is 5.00. The Morgan fingerprint density at radius 3 is 2.29 bits per heavy atom. The first-order chi connectivity index (χ1) is 17.0. The molecule has 2 amide bonds. The smallest absolute Gasteiger partial charge is 0.261 e.